The Kier molecular flexibility index (Phi) is 2.44. The average molecular weight is 243 g/mol. The van der Waals surface area contributed by atoms with E-state index in [4.69, 9.17) is 4.74 Å². The van der Waals surface area contributed by atoms with Gasteiger partial charge in [0.2, 0.25) is 5.88 Å². The molecule has 0 aliphatic heterocycles. The lowest BCUT2D eigenvalue weighted by molar-refractivity contribution is 0.393. The summed E-state index contributed by atoms with van der Waals surface area (Å²) < 4.78 is 20.3. The van der Waals surface area contributed by atoms with E-state index in [0.717, 1.165) is 0 Å². The SMILES string of the molecule is COc1cccc2nnc(-c3cccc(F)c3)n12. The highest BCUT2D eigenvalue weighted by Crippen LogP contribution is 2.23. The number of rotatable bonds is 2. The third-order valence-electron chi connectivity index (χ3n) is 2.68. The van der Waals surface area contributed by atoms with Gasteiger partial charge in [-0.05, 0) is 24.3 Å². The van der Waals surface area contributed by atoms with Gasteiger partial charge in [0.1, 0.15) is 5.82 Å². The van der Waals surface area contributed by atoms with Gasteiger partial charge in [0.25, 0.3) is 0 Å². The van der Waals surface area contributed by atoms with Gasteiger partial charge in [-0.2, -0.15) is 0 Å². The molecule has 0 saturated carbocycles. The number of aromatic nitrogens is 3. The molecular weight excluding hydrogens is 233 g/mol. The highest BCUT2D eigenvalue weighted by Gasteiger charge is 2.11. The van der Waals surface area contributed by atoms with E-state index in [-0.39, 0.29) is 5.82 Å². The van der Waals surface area contributed by atoms with E-state index < -0.39 is 0 Å². The van der Waals surface area contributed by atoms with Crippen molar-refractivity contribution in [1.82, 2.24) is 14.6 Å². The van der Waals surface area contributed by atoms with Gasteiger partial charge in [0.15, 0.2) is 11.5 Å². The quantitative estimate of drug-likeness (QED) is 0.694. The normalized spacial score (nSPS) is 10.8. The third-order valence-corrected chi connectivity index (χ3v) is 2.68. The van der Waals surface area contributed by atoms with Gasteiger partial charge in [0.05, 0.1) is 7.11 Å². The molecule has 0 atom stereocenters. The van der Waals surface area contributed by atoms with Crippen LogP contribution in [0, 0.1) is 5.82 Å². The van der Waals surface area contributed by atoms with Crippen LogP contribution in [0.2, 0.25) is 0 Å². The van der Waals surface area contributed by atoms with Gasteiger partial charge >= 0.3 is 0 Å². The van der Waals surface area contributed by atoms with Crippen molar-refractivity contribution in [3.05, 3.63) is 48.3 Å². The van der Waals surface area contributed by atoms with Gasteiger partial charge in [-0.15, -0.1) is 10.2 Å². The molecule has 3 aromatic rings. The van der Waals surface area contributed by atoms with Crippen molar-refractivity contribution >= 4 is 5.65 Å². The summed E-state index contributed by atoms with van der Waals surface area (Å²) in [5.41, 5.74) is 1.32. The number of methoxy groups -OCH3 is 1. The summed E-state index contributed by atoms with van der Waals surface area (Å²) in [5.74, 6) is 0.859. The molecule has 3 rings (SSSR count). The molecule has 5 heteroatoms. The van der Waals surface area contributed by atoms with Crippen LogP contribution in [-0.2, 0) is 0 Å². The summed E-state index contributed by atoms with van der Waals surface area (Å²) in [6.07, 6.45) is 0. The van der Waals surface area contributed by atoms with Crippen LogP contribution < -0.4 is 4.74 Å². The molecule has 18 heavy (non-hydrogen) atoms. The predicted octanol–water partition coefficient (Wildman–Crippen LogP) is 2.54. The number of nitrogens with zero attached hydrogens (tertiary/aromatic N) is 3. The molecule has 0 fully saturated rings. The standard InChI is InChI=1S/C13H10FN3O/c1-18-12-7-3-6-11-15-16-13(17(11)12)9-4-2-5-10(14)8-9/h2-8H,1H3. The van der Waals surface area contributed by atoms with Crippen molar-refractivity contribution in [3.63, 3.8) is 0 Å². The maximum absolute atomic E-state index is 13.3. The van der Waals surface area contributed by atoms with Gasteiger partial charge in [-0.25, -0.2) is 8.79 Å². The average Bonchev–Trinajstić information content (AvgIpc) is 2.82. The van der Waals surface area contributed by atoms with Crippen LogP contribution >= 0.6 is 0 Å². The Bertz CT molecular complexity index is 708. The minimum Gasteiger partial charge on any atom is -0.482 e. The Morgan fingerprint density at radius 1 is 1.11 bits per heavy atom. The molecule has 0 aliphatic carbocycles. The molecule has 2 heterocycles. The fraction of sp³-hybridized carbons (Fsp3) is 0.0769. The Balaban J connectivity index is 2.30. The lowest BCUT2D eigenvalue weighted by Crippen LogP contribution is -1.96. The number of fused-ring (bicyclic) bond motifs is 1. The van der Waals surface area contributed by atoms with E-state index in [1.54, 1.807) is 29.7 Å². The Hall–Kier alpha value is -2.43. The van der Waals surface area contributed by atoms with E-state index in [1.165, 1.54) is 12.1 Å². The summed E-state index contributed by atoms with van der Waals surface area (Å²) in [6, 6.07) is 11.7. The molecule has 0 bridgehead atoms. The second kappa shape index (κ2) is 4.10. The van der Waals surface area contributed by atoms with Gasteiger partial charge in [0, 0.05) is 5.56 Å². The molecule has 0 spiro atoms. The number of ether oxygens (including phenoxy) is 1. The molecule has 0 N–H and O–H groups in total. The van der Waals surface area contributed by atoms with Crippen molar-refractivity contribution in [1.29, 1.82) is 0 Å². The van der Waals surface area contributed by atoms with Crippen molar-refractivity contribution in [3.8, 4) is 17.3 Å². The fourth-order valence-corrected chi connectivity index (χ4v) is 1.89. The second-order valence-electron chi connectivity index (χ2n) is 3.80. The van der Waals surface area contributed by atoms with Crippen LogP contribution in [0.25, 0.3) is 17.0 Å². The largest absolute Gasteiger partial charge is 0.482 e. The summed E-state index contributed by atoms with van der Waals surface area (Å²) in [4.78, 5) is 0. The monoisotopic (exact) mass is 243 g/mol. The van der Waals surface area contributed by atoms with E-state index in [9.17, 15) is 4.39 Å². The van der Waals surface area contributed by atoms with Gasteiger partial charge in [-0.1, -0.05) is 18.2 Å². The third kappa shape index (κ3) is 1.60. The molecular formula is C13H10FN3O. The maximum atomic E-state index is 13.3. The van der Waals surface area contributed by atoms with Crippen LogP contribution in [0.4, 0.5) is 4.39 Å². The molecule has 4 nitrogen and oxygen atoms in total. The van der Waals surface area contributed by atoms with E-state index in [2.05, 4.69) is 10.2 Å². The second-order valence-corrected chi connectivity index (χ2v) is 3.80. The molecule has 0 amide bonds. The first kappa shape index (κ1) is 10.7. The molecule has 0 saturated heterocycles. The molecule has 0 unspecified atom stereocenters. The zero-order valence-electron chi connectivity index (χ0n) is 9.67. The Morgan fingerprint density at radius 3 is 2.72 bits per heavy atom. The number of benzene rings is 1. The van der Waals surface area contributed by atoms with Crippen molar-refractivity contribution in [2.75, 3.05) is 7.11 Å². The number of pyridine rings is 1. The van der Waals surface area contributed by atoms with E-state index in [0.29, 0.717) is 22.9 Å². The minimum atomic E-state index is -0.306. The molecule has 1 aromatic carbocycles. The summed E-state index contributed by atoms with van der Waals surface area (Å²) >= 11 is 0. The topological polar surface area (TPSA) is 39.4 Å². The minimum absolute atomic E-state index is 0.306. The maximum Gasteiger partial charge on any atom is 0.200 e. The number of hydrogen-bond donors (Lipinski definition) is 0. The number of hydrogen-bond acceptors (Lipinski definition) is 3. The van der Waals surface area contributed by atoms with Crippen molar-refractivity contribution in [2.45, 2.75) is 0 Å². The first-order valence-corrected chi connectivity index (χ1v) is 5.43. The van der Waals surface area contributed by atoms with Crippen LogP contribution in [0.1, 0.15) is 0 Å². The van der Waals surface area contributed by atoms with E-state index >= 15 is 0 Å². The van der Waals surface area contributed by atoms with Crippen LogP contribution in [0.15, 0.2) is 42.5 Å². The number of halogens is 1. The van der Waals surface area contributed by atoms with Crippen LogP contribution in [-0.4, -0.2) is 21.7 Å². The van der Waals surface area contributed by atoms with Crippen molar-refractivity contribution < 1.29 is 9.13 Å². The van der Waals surface area contributed by atoms with Gasteiger partial charge in [-0.3, -0.25) is 0 Å². The molecule has 0 radical (unpaired) electrons. The van der Waals surface area contributed by atoms with E-state index in [1.807, 2.05) is 12.1 Å². The molecule has 2 aromatic heterocycles. The fourth-order valence-electron chi connectivity index (χ4n) is 1.89. The summed E-state index contributed by atoms with van der Waals surface area (Å²) in [7, 11) is 1.57. The smallest absolute Gasteiger partial charge is 0.200 e. The predicted molar refractivity (Wildman–Crippen MR) is 64.9 cm³/mol. The Labute approximate surface area is 103 Å². The molecule has 0 aliphatic rings. The zero-order valence-corrected chi connectivity index (χ0v) is 9.67. The lowest BCUT2D eigenvalue weighted by Gasteiger charge is -2.05. The van der Waals surface area contributed by atoms with Crippen molar-refractivity contribution in [2.24, 2.45) is 0 Å². The first-order valence-electron chi connectivity index (χ1n) is 5.43. The highest BCUT2D eigenvalue weighted by molar-refractivity contribution is 5.60. The van der Waals surface area contributed by atoms with Gasteiger partial charge < -0.3 is 4.74 Å². The summed E-state index contributed by atoms with van der Waals surface area (Å²) in [5, 5.41) is 8.13. The lowest BCUT2D eigenvalue weighted by atomic mass is 10.2. The van der Waals surface area contributed by atoms with Crippen LogP contribution in [0.3, 0.4) is 0 Å². The first-order chi connectivity index (χ1) is 8.79. The zero-order chi connectivity index (χ0) is 12.5. The van der Waals surface area contributed by atoms with Crippen LogP contribution in [0.5, 0.6) is 5.88 Å². The Morgan fingerprint density at radius 2 is 1.94 bits per heavy atom. The molecule has 90 valence electrons. The summed E-state index contributed by atoms with van der Waals surface area (Å²) in [6.45, 7) is 0. The highest BCUT2D eigenvalue weighted by atomic mass is 19.1.